The second-order valence-corrected chi connectivity index (χ2v) is 30.4. The fourth-order valence-corrected chi connectivity index (χ4v) is 16.9. The van der Waals surface area contributed by atoms with Crippen molar-refractivity contribution in [2.45, 2.75) is 0 Å². The monoisotopic (exact) mass is 1920 g/mol. The molecule has 0 aliphatic carbocycles. The molecule has 0 radical (unpaired) electrons. The summed E-state index contributed by atoms with van der Waals surface area (Å²) in [5.74, 6) is 0. The predicted molar refractivity (Wildman–Crippen MR) is 532 cm³/mol. The average Bonchev–Trinajstić information content (AvgIpc) is 1.57. The van der Waals surface area contributed by atoms with Crippen LogP contribution in [0.2, 0.25) is 10.0 Å². The highest BCUT2D eigenvalue weighted by molar-refractivity contribution is 14.1. The van der Waals surface area contributed by atoms with E-state index in [1.54, 1.807) is 24.3 Å². The summed E-state index contributed by atoms with van der Waals surface area (Å²) in [7, 11) is -1.41. The molecule has 0 bridgehead atoms. The fraction of sp³-hybridized carbons (Fsp3) is 0.0192. The molecule has 18 heteroatoms. The maximum Gasteiger partial charge on any atom is 0.488 e. The first-order valence-electron chi connectivity index (χ1n) is 39.3. The first kappa shape index (κ1) is 80.3. The predicted octanol–water partition coefficient (Wildman–Crippen LogP) is 30.3. The molecule has 0 atom stereocenters. The van der Waals surface area contributed by atoms with Gasteiger partial charge in [-0.2, -0.15) is 0 Å². The Morgan fingerprint density at radius 2 is 0.648 bits per heavy atom. The molecule has 0 spiro atoms. The highest BCUT2D eigenvalue weighted by atomic mass is 127. The Morgan fingerprint density at radius 3 is 1.10 bits per heavy atom. The Labute approximate surface area is 746 Å². The number of alkyl halides is 2. The van der Waals surface area contributed by atoms with Crippen LogP contribution in [0.15, 0.2) is 403 Å². The fourth-order valence-electron chi connectivity index (χ4n) is 16.2. The molecule has 0 saturated heterocycles. The molecule has 12 nitrogen and oxygen atoms in total. The van der Waals surface area contributed by atoms with Crippen LogP contribution in [0.25, 0.3) is 182 Å². The number of aromatic nitrogens is 3. The van der Waals surface area contributed by atoms with E-state index in [-0.39, 0.29) is 0 Å². The molecule has 24 aromatic rings. The summed E-state index contributed by atoms with van der Waals surface area (Å²) in [6.07, 6.45) is 0. The number of hydrogen-bond donors (Lipinski definition) is 4. The van der Waals surface area contributed by atoms with Crippen molar-refractivity contribution in [3.63, 3.8) is 0 Å². The first-order chi connectivity index (χ1) is 60.0. The van der Waals surface area contributed by atoms with Crippen LogP contribution in [0.5, 0.6) is 0 Å². The number of nitrogens with two attached hydrogens (primary N) is 1. The van der Waals surface area contributed by atoms with Gasteiger partial charge in [-0.05, 0) is 164 Å². The minimum absolute atomic E-state index is 0.449. The van der Waals surface area contributed by atoms with E-state index >= 15 is 0 Å². The van der Waals surface area contributed by atoms with Gasteiger partial charge in [-0.1, -0.05) is 323 Å². The normalized spacial score (nSPS) is 11.2. The minimum atomic E-state index is -1.41. The molecular weight excluding hydrogens is 1850 g/mol. The third-order valence-electron chi connectivity index (χ3n) is 21.6. The quantitative estimate of drug-likeness (QED) is 0.0503. The standard InChI is InChI=1S/C38H24N2O2.C26H16ClNO.C20H12BrNO.C12H9NO.C6H6BClO2.2CH3I/c1-2-10-26(11-3-1)40-33-18-6-4-13-30(33)35-31-16-8-14-27(36(31)42-38(35)40)24-20-22-25(23-21-24)39-32-17-9-15-29-28-12-5-7-19-34(28)41-37(29)32;27-18-15-13-17(14-16-18)20-10-6-11-22-24-21-9-4-5-12-23(21)28(26(24)29-25(20)22)19-7-2-1-3-8-19;21-16-11-6-10-15-18-14-9-4-5-12-17(14)22(20(18)23-19(15)16)13-7-2-1-3-8-13;13-10-6-3-5-9-8-4-1-2-7-11(8)14-12(9)10;8-6-3-1-5(2-4-6)7(9)10;2*1-2/h1-23,39H;1-16H;1-12H;1-7H,13H2;1-4,9-10H;2*1H3. The zero-order valence-electron chi connectivity index (χ0n) is 65.6. The molecule has 0 unspecified atom stereocenters. The van der Waals surface area contributed by atoms with Crippen LogP contribution in [0, 0.1) is 0 Å². The number of nitrogens with one attached hydrogen (secondary N) is 1. The van der Waals surface area contributed by atoms with Crippen molar-refractivity contribution in [3.05, 3.63) is 391 Å². The number of para-hydroxylation sites is 13. The van der Waals surface area contributed by atoms with E-state index in [1.165, 1.54) is 21.5 Å². The molecule has 16 aromatic carbocycles. The molecule has 0 amide bonds. The summed E-state index contributed by atoms with van der Waals surface area (Å²) in [6.45, 7) is 0. The van der Waals surface area contributed by atoms with Crippen LogP contribution >= 0.6 is 84.3 Å². The lowest BCUT2D eigenvalue weighted by Gasteiger charge is -2.09. The number of anilines is 3. The number of benzene rings is 16. The van der Waals surface area contributed by atoms with Gasteiger partial charge in [0.25, 0.3) is 0 Å². The summed E-state index contributed by atoms with van der Waals surface area (Å²) < 4.78 is 39.1. The van der Waals surface area contributed by atoms with E-state index in [1.807, 2.05) is 119 Å². The summed E-state index contributed by atoms with van der Waals surface area (Å²) in [5, 5.41) is 37.0. The third kappa shape index (κ3) is 15.2. The molecule has 0 fully saturated rings. The highest BCUT2D eigenvalue weighted by Gasteiger charge is 2.25. The van der Waals surface area contributed by atoms with Gasteiger partial charge in [-0.15, -0.1) is 0 Å². The van der Waals surface area contributed by atoms with E-state index in [4.69, 9.17) is 61.1 Å². The number of nitrogen functional groups attached to an aromatic ring is 1. The number of fused-ring (bicyclic) bond motifs is 21. The smallest absolute Gasteiger partial charge is 0.454 e. The maximum absolute atomic E-state index is 8.63. The summed E-state index contributed by atoms with van der Waals surface area (Å²) in [6, 6.07) is 126. The zero-order valence-corrected chi connectivity index (χ0v) is 73.0. The summed E-state index contributed by atoms with van der Waals surface area (Å²) in [4.78, 5) is 3.94. The first-order valence-corrected chi connectivity index (χ1v) is 45.1. The van der Waals surface area contributed by atoms with Gasteiger partial charge in [0, 0.05) is 97.8 Å². The van der Waals surface area contributed by atoms with Crippen LogP contribution in [-0.4, -0.2) is 40.7 Å². The van der Waals surface area contributed by atoms with Gasteiger partial charge in [0.15, 0.2) is 16.7 Å². The van der Waals surface area contributed by atoms with Gasteiger partial charge in [-0.3, -0.25) is 13.7 Å². The zero-order chi connectivity index (χ0) is 83.5. The van der Waals surface area contributed by atoms with Crippen LogP contribution in [0.3, 0.4) is 0 Å². The van der Waals surface area contributed by atoms with Gasteiger partial charge >= 0.3 is 7.12 Å². The van der Waals surface area contributed by atoms with Crippen LogP contribution in [0.1, 0.15) is 0 Å². The molecule has 8 aromatic heterocycles. The Balaban J connectivity index is 0.000000111. The van der Waals surface area contributed by atoms with Crippen molar-refractivity contribution in [3.8, 4) is 39.3 Å². The minimum Gasteiger partial charge on any atom is -0.454 e. The van der Waals surface area contributed by atoms with Crippen LogP contribution in [-0.2, 0) is 0 Å². The molecular formula is C104H73BBrCl2I2N5O7. The number of rotatable bonds is 8. The SMILES string of the molecule is Brc1cccc2c1oc1c2c2ccccc2n1-c1ccccc1.CI.CI.Clc1ccc(-c2cccc3c2oc2c3c3ccccc3n2-c2ccccc2)cc1.Nc1cccc2c1oc1ccccc12.OB(O)c1ccc(Cl)cc1.c1ccc(-n2c3ccccc3c3c4cccc(-c5ccc(Nc6cccc7c6oc6ccccc67)cc5)c4oc32)cc1. The lowest BCUT2D eigenvalue weighted by molar-refractivity contribution is 0.426. The molecule has 122 heavy (non-hydrogen) atoms. The molecule has 8 heterocycles. The van der Waals surface area contributed by atoms with Crippen molar-refractivity contribution in [1.29, 1.82) is 0 Å². The van der Waals surface area contributed by atoms with E-state index in [0.717, 1.165) is 181 Å². The van der Waals surface area contributed by atoms with E-state index < -0.39 is 7.12 Å². The number of nitrogens with zero attached hydrogens (tertiary/aromatic N) is 3. The van der Waals surface area contributed by atoms with Gasteiger partial charge in [0.05, 0.1) is 48.6 Å². The van der Waals surface area contributed by atoms with Crippen molar-refractivity contribution in [1.82, 2.24) is 13.7 Å². The van der Waals surface area contributed by atoms with Crippen molar-refractivity contribution >= 4 is 257 Å². The number of halogens is 5. The number of hydrogen-bond acceptors (Lipinski definition) is 9. The van der Waals surface area contributed by atoms with Crippen molar-refractivity contribution < 1.29 is 32.1 Å². The number of furan rings is 5. The van der Waals surface area contributed by atoms with Gasteiger partial charge in [0.1, 0.15) is 22.3 Å². The van der Waals surface area contributed by atoms with Gasteiger partial charge < -0.3 is 43.2 Å². The summed E-state index contributed by atoms with van der Waals surface area (Å²) >= 11 is 19.5. The lowest BCUT2D eigenvalue weighted by Crippen LogP contribution is -2.29. The molecule has 0 aliphatic rings. The largest absolute Gasteiger partial charge is 0.488 e. The second kappa shape index (κ2) is 35.5. The Kier molecular flexibility index (Phi) is 23.4. The van der Waals surface area contributed by atoms with E-state index in [9.17, 15) is 0 Å². The van der Waals surface area contributed by atoms with E-state index in [2.05, 4.69) is 323 Å². The maximum atomic E-state index is 8.63. The molecule has 0 saturated carbocycles. The topological polar surface area (TPSA) is 159 Å². The molecule has 0 aliphatic heterocycles. The van der Waals surface area contributed by atoms with E-state index in [0.29, 0.717) is 16.2 Å². The summed E-state index contributed by atoms with van der Waals surface area (Å²) in [5.41, 5.74) is 28.7. The molecule has 5 N–H and O–H groups in total. The lowest BCUT2D eigenvalue weighted by atomic mass is 9.81. The van der Waals surface area contributed by atoms with Crippen LogP contribution in [0.4, 0.5) is 17.1 Å². The van der Waals surface area contributed by atoms with Gasteiger partial charge in [-0.25, -0.2) is 0 Å². The second-order valence-electron chi connectivity index (χ2n) is 28.6. The molecule has 594 valence electrons. The Morgan fingerprint density at radius 1 is 0.311 bits per heavy atom. The Bertz CT molecular complexity index is 7880. The Hall–Kier alpha value is -12.8. The third-order valence-corrected chi connectivity index (χ3v) is 22.7. The van der Waals surface area contributed by atoms with Crippen molar-refractivity contribution in [2.24, 2.45) is 0 Å². The average molecular weight is 1920 g/mol. The van der Waals surface area contributed by atoms with Crippen molar-refractivity contribution in [2.75, 3.05) is 20.9 Å². The highest BCUT2D eigenvalue weighted by Crippen LogP contribution is 2.47. The van der Waals surface area contributed by atoms with Gasteiger partial charge in [0.2, 0.25) is 17.1 Å². The van der Waals surface area contributed by atoms with Crippen LogP contribution < -0.4 is 16.5 Å². The molecule has 24 rings (SSSR count).